The molecule has 0 unspecified atom stereocenters. The molecule has 4 nitrogen and oxygen atoms in total. The first-order valence-corrected chi connectivity index (χ1v) is 7.96. The molecule has 0 radical (unpaired) electrons. The standard InChI is InChI=1S/C18H27NO3/c1-18(2,13-22-12-14-7-5-4-6-8-14)17(20)19-15-9-10-16(11-15)21-3/h4-8,15-16H,9-13H2,1-3H3,(H,19,20)/t15-,16-/m1/s1. The topological polar surface area (TPSA) is 47.6 Å². The third kappa shape index (κ3) is 4.82. The molecule has 1 aliphatic carbocycles. The highest BCUT2D eigenvalue weighted by Crippen LogP contribution is 2.24. The largest absolute Gasteiger partial charge is 0.381 e. The molecule has 1 N–H and O–H groups in total. The lowest BCUT2D eigenvalue weighted by Crippen LogP contribution is -2.44. The molecule has 122 valence electrons. The monoisotopic (exact) mass is 305 g/mol. The van der Waals surface area contributed by atoms with E-state index in [0.29, 0.717) is 13.2 Å². The maximum Gasteiger partial charge on any atom is 0.228 e. The van der Waals surface area contributed by atoms with Gasteiger partial charge in [-0.15, -0.1) is 0 Å². The number of nitrogens with one attached hydrogen (secondary N) is 1. The van der Waals surface area contributed by atoms with Crippen molar-refractivity contribution in [2.75, 3.05) is 13.7 Å². The number of rotatable bonds is 7. The van der Waals surface area contributed by atoms with E-state index in [2.05, 4.69) is 5.32 Å². The van der Waals surface area contributed by atoms with Gasteiger partial charge >= 0.3 is 0 Å². The Balaban J connectivity index is 1.75. The molecule has 1 fully saturated rings. The second kappa shape index (κ2) is 7.75. The summed E-state index contributed by atoms with van der Waals surface area (Å²) in [7, 11) is 1.73. The van der Waals surface area contributed by atoms with E-state index in [9.17, 15) is 4.79 Å². The SMILES string of the molecule is CO[C@@H]1CC[C@@H](NC(=O)C(C)(C)COCc2ccccc2)C1. The maximum atomic E-state index is 12.4. The lowest BCUT2D eigenvalue weighted by Gasteiger charge is -2.25. The maximum absolute atomic E-state index is 12.4. The molecule has 1 amide bonds. The smallest absolute Gasteiger partial charge is 0.228 e. The van der Waals surface area contributed by atoms with E-state index >= 15 is 0 Å². The van der Waals surface area contributed by atoms with Gasteiger partial charge in [-0.3, -0.25) is 4.79 Å². The van der Waals surface area contributed by atoms with Crippen LogP contribution >= 0.6 is 0 Å². The zero-order valence-electron chi connectivity index (χ0n) is 13.8. The molecule has 2 atom stereocenters. The predicted octanol–water partition coefficient (Wildman–Crippen LogP) is 2.91. The van der Waals surface area contributed by atoms with Crippen molar-refractivity contribution >= 4 is 5.91 Å². The van der Waals surface area contributed by atoms with Crippen molar-refractivity contribution in [2.45, 2.75) is 51.9 Å². The van der Waals surface area contributed by atoms with Crippen LogP contribution in [0.15, 0.2) is 30.3 Å². The lowest BCUT2D eigenvalue weighted by molar-refractivity contribution is -0.133. The molecule has 1 aliphatic rings. The van der Waals surface area contributed by atoms with Gasteiger partial charge in [0.2, 0.25) is 5.91 Å². The Kier molecular flexibility index (Phi) is 5.98. The Morgan fingerprint density at radius 3 is 2.64 bits per heavy atom. The van der Waals surface area contributed by atoms with E-state index in [0.717, 1.165) is 24.8 Å². The van der Waals surface area contributed by atoms with Crippen LogP contribution < -0.4 is 5.32 Å². The summed E-state index contributed by atoms with van der Waals surface area (Å²) >= 11 is 0. The van der Waals surface area contributed by atoms with Gasteiger partial charge in [0.05, 0.1) is 24.7 Å². The van der Waals surface area contributed by atoms with Crippen molar-refractivity contribution in [1.29, 1.82) is 0 Å². The number of carbonyl (C=O) groups excluding carboxylic acids is 1. The summed E-state index contributed by atoms with van der Waals surface area (Å²) in [5.41, 5.74) is 0.595. The van der Waals surface area contributed by atoms with Crippen LogP contribution in [-0.4, -0.2) is 31.8 Å². The van der Waals surface area contributed by atoms with Gasteiger partial charge in [0.1, 0.15) is 0 Å². The number of carbonyl (C=O) groups is 1. The zero-order valence-corrected chi connectivity index (χ0v) is 13.8. The minimum Gasteiger partial charge on any atom is -0.381 e. The number of methoxy groups -OCH3 is 1. The van der Waals surface area contributed by atoms with E-state index in [1.165, 1.54) is 0 Å². The normalized spacial score (nSPS) is 21.8. The van der Waals surface area contributed by atoms with Gasteiger partial charge < -0.3 is 14.8 Å². The molecule has 0 aromatic heterocycles. The van der Waals surface area contributed by atoms with Gasteiger partial charge in [-0.1, -0.05) is 30.3 Å². The highest BCUT2D eigenvalue weighted by atomic mass is 16.5. The zero-order chi connectivity index (χ0) is 16.0. The molecule has 0 saturated heterocycles. The fraction of sp³-hybridized carbons (Fsp3) is 0.611. The first-order chi connectivity index (χ1) is 10.5. The Hall–Kier alpha value is -1.39. The molecule has 1 aromatic rings. The summed E-state index contributed by atoms with van der Waals surface area (Å²) in [6.07, 6.45) is 3.20. The van der Waals surface area contributed by atoms with Crippen LogP contribution in [-0.2, 0) is 20.9 Å². The van der Waals surface area contributed by atoms with E-state index in [4.69, 9.17) is 9.47 Å². The molecule has 4 heteroatoms. The fourth-order valence-electron chi connectivity index (χ4n) is 2.73. The van der Waals surface area contributed by atoms with Crippen molar-refractivity contribution in [3.63, 3.8) is 0 Å². The number of hydrogen-bond donors (Lipinski definition) is 1. The quantitative estimate of drug-likeness (QED) is 0.842. The molecular weight excluding hydrogens is 278 g/mol. The highest BCUT2D eigenvalue weighted by Gasteiger charge is 2.32. The summed E-state index contributed by atoms with van der Waals surface area (Å²) in [5, 5.41) is 3.13. The Labute approximate surface area is 133 Å². The third-order valence-corrected chi connectivity index (χ3v) is 4.24. The number of benzene rings is 1. The average Bonchev–Trinajstić information content (AvgIpc) is 2.96. The summed E-state index contributed by atoms with van der Waals surface area (Å²) < 4.78 is 11.1. The second-order valence-corrected chi connectivity index (χ2v) is 6.70. The van der Waals surface area contributed by atoms with Crippen molar-refractivity contribution in [3.05, 3.63) is 35.9 Å². The molecule has 1 saturated carbocycles. The first kappa shape index (κ1) is 17.0. The summed E-state index contributed by atoms with van der Waals surface area (Å²) in [6, 6.07) is 10.2. The minimum atomic E-state index is -0.528. The molecule has 2 rings (SSSR count). The Morgan fingerprint density at radius 1 is 1.27 bits per heavy atom. The summed E-state index contributed by atoms with van der Waals surface area (Å²) in [6.45, 7) is 4.80. The van der Waals surface area contributed by atoms with Crippen molar-refractivity contribution in [2.24, 2.45) is 5.41 Å². The third-order valence-electron chi connectivity index (χ3n) is 4.24. The van der Waals surface area contributed by atoms with E-state index < -0.39 is 5.41 Å². The molecule has 1 aromatic carbocycles. The van der Waals surface area contributed by atoms with E-state index in [1.807, 2.05) is 44.2 Å². The van der Waals surface area contributed by atoms with Gasteiger partial charge in [-0.2, -0.15) is 0 Å². The highest BCUT2D eigenvalue weighted by molar-refractivity contribution is 5.82. The van der Waals surface area contributed by atoms with Gasteiger partial charge in [-0.05, 0) is 38.7 Å². The van der Waals surface area contributed by atoms with Gasteiger partial charge in [-0.25, -0.2) is 0 Å². The molecule has 0 bridgehead atoms. The van der Waals surface area contributed by atoms with Crippen molar-refractivity contribution in [1.82, 2.24) is 5.32 Å². The molecular formula is C18H27NO3. The number of hydrogen-bond acceptors (Lipinski definition) is 3. The van der Waals surface area contributed by atoms with Crippen molar-refractivity contribution < 1.29 is 14.3 Å². The van der Waals surface area contributed by atoms with Crippen LogP contribution in [0.1, 0.15) is 38.7 Å². The number of ether oxygens (including phenoxy) is 2. The fourth-order valence-corrected chi connectivity index (χ4v) is 2.73. The summed E-state index contributed by atoms with van der Waals surface area (Å²) in [5.74, 6) is 0.0577. The Morgan fingerprint density at radius 2 is 2.00 bits per heavy atom. The molecule has 0 spiro atoms. The van der Waals surface area contributed by atoms with Gasteiger partial charge in [0.25, 0.3) is 0 Å². The van der Waals surface area contributed by atoms with Gasteiger partial charge in [0, 0.05) is 13.2 Å². The second-order valence-electron chi connectivity index (χ2n) is 6.70. The molecule has 0 heterocycles. The summed E-state index contributed by atoms with van der Waals surface area (Å²) in [4.78, 5) is 12.4. The number of amides is 1. The first-order valence-electron chi connectivity index (χ1n) is 7.96. The minimum absolute atomic E-state index is 0.0577. The van der Waals surface area contributed by atoms with Crippen LogP contribution in [0.3, 0.4) is 0 Å². The molecule has 22 heavy (non-hydrogen) atoms. The van der Waals surface area contributed by atoms with Crippen LogP contribution in [0.2, 0.25) is 0 Å². The van der Waals surface area contributed by atoms with Crippen LogP contribution in [0.4, 0.5) is 0 Å². The lowest BCUT2D eigenvalue weighted by atomic mass is 9.93. The Bertz CT molecular complexity index is 472. The molecule has 0 aliphatic heterocycles. The van der Waals surface area contributed by atoms with Gasteiger partial charge in [0.15, 0.2) is 0 Å². The van der Waals surface area contributed by atoms with Crippen LogP contribution in [0.5, 0.6) is 0 Å². The van der Waals surface area contributed by atoms with Crippen LogP contribution in [0.25, 0.3) is 0 Å². The van der Waals surface area contributed by atoms with E-state index in [1.54, 1.807) is 7.11 Å². The predicted molar refractivity (Wildman–Crippen MR) is 86.5 cm³/mol. The van der Waals surface area contributed by atoms with E-state index in [-0.39, 0.29) is 18.1 Å². The average molecular weight is 305 g/mol. The van der Waals surface area contributed by atoms with Crippen molar-refractivity contribution in [3.8, 4) is 0 Å². The van der Waals surface area contributed by atoms with Crippen LogP contribution in [0, 0.1) is 5.41 Å².